The molecule has 0 spiro atoms. The van der Waals surface area contributed by atoms with Crippen molar-refractivity contribution in [2.45, 2.75) is 13.8 Å². The Hall–Kier alpha value is -2.10. The van der Waals surface area contributed by atoms with Crippen LogP contribution in [0.25, 0.3) is 11.3 Å². The van der Waals surface area contributed by atoms with Crippen LogP contribution < -0.4 is 0 Å². The first-order valence-corrected chi connectivity index (χ1v) is 4.85. The summed E-state index contributed by atoms with van der Waals surface area (Å²) in [6.45, 7) is 3.52. The predicted molar refractivity (Wildman–Crippen MR) is 58.4 cm³/mol. The van der Waals surface area contributed by atoms with Gasteiger partial charge < -0.3 is 9.52 Å². The van der Waals surface area contributed by atoms with Crippen LogP contribution in [-0.4, -0.2) is 16.1 Å². The van der Waals surface area contributed by atoms with E-state index in [9.17, 15) is 4.79 Å². The molecule has 4 heteroatoms. The minimum atomic E-state index is -0.931. The highest BCUT2D eigenvalue weighted by molar-refractivity contribution is 5.91. The molecule has 0 radical (unpaired) electrons. The van der Waals surface area contributed by atoms with E-state index in [0.717, 1.165) is 5.56 Å². The highest BCUT2D eigenvalue weighted by atomic mass is 16.4. The van der Waals surface area contributed by atoms with Gasteiger partial charge >= 0.3 is 5.97 Å². The van der Waals surface area contributed by atoms with Gasteiger partial charge in [-0.15, -0.1) is 0 Å². The molecule has 0 saturated carbocycles. The predicted octanol–water partition coefficient (Wildman–Crippen LogP) is 2.66. The molecule has 0 aliphatic rings. The number of carbonyl (C=O) groups is 1. The molecule has 0 aliphatic carbocycles. The first-order chi connectivity index (χ1) is 7.59. The number of benzene rings is 1. The SMILES string of the molecule is Cc1nc(-c2cccc(C(=O)O)c2C)co1. The van der Waals surface area contributed by atoms with Crippen molar-refractivity contribution in [2.24, 2.45) is 0 Å². The zero-order valence-electron chi connectivity index (χ0n) is 9.02. The number of oxazole rings is 1. The number of aromatic carboxylic acids is 1. The van der Waals surface area contributed by atoms with Crippen molar-refractivity contribution in [3.8, 4) is 11.3 Å². The number of rotatable bonds is 2. The van der Waals surface area contributed by atoms with E-state index < -0.39 is 5.97 Å². The van der Waals surface area contributed by atoms with Gasteiger partial charge in [0, 0.05) is 12.5 Å². The lowest BCUT2D eigenvalue weighted by Gasteiger charge is -2.05. The summed E-state index contributed by atoms with van der Waals surface area (Å²) in [4.78, 5) is 15.1. The Labute approximate surface area is 92.6 Å². The van der Waals surface area contributed by atoms with E-state index in [1.807, 2.05) is 6.07 Å². The van der Waals surface area contributed by atoms with E-state index in [2.05, 4.69) is 4.98 Å². The van der Waals surface area contributed by atoms with Crippen molar-refractivity contribution in [1.29, 1.82) is 0 Å². The summed E-state index contributed by atoms with van der Waals surface area (Å²) in [7, 11) is 0. The maximum Gasteiger partial charge on any atom is 0.335 e. The second kappa shape index (κ2) is 3.81. The van der Waals surface area contributed by atoms with Crippen LogP contribution in [0.4, 0.5) is 0 Å². The van der Waals surface area contributed by atoms with Crippen molar-refractivity contribution >= 4 is 5.97 Å². The lowest BCUT2D eigenvalue weighted by atomic mass is 10.0. The number of aromatic nitrogens is 1. The van der Waals surface area contributed by atoms with Crippen LogP contribution in [0, 0.1) is 13.8 Å². The number of nitrogens with zero attached hydrogens (tertiary/aromatic N) is 1. The summed E-state index contributed by atoms with van der Waals surface area (Å²) in [5, 5.41) is 9.00. The van der Waals surface area contributed by atoms with E-state index in [4.69, 9.17) is 9.52 Å². The van der Waals surface area contributed by atoms with Crippen LogP contribution in [-0.2, 0) is 0 Å². The molecule has 1 aromatic carbocycles. The van der Waals surface area contributed by atoms with Gasteiger partial charge in [-0.05, 0) is 18.6 Å². The molecule has 4 nitrogen and oxygen atoms in total. The van der Waals surface area contributed by atoms with Crippen LogP contribution in [0.5, 0.6) is 0 Å². The second-order valence-electron chi connectivity index (χ2n) is 3.54. The topological polar surface area (TPSA) is 63.3 Å². The Kier molecular flexibility index (Phi) is 2.48. The van der Waals surface area contributed by atoms with Crippen LogP contribution in [0.3, 0.4) is 0 Å². The molecule has 0 saturated heterocycles. The molecule has 0 bridgehead atoms. The Bertz CT molecular complexity index is 543. The molecule has 0 aliphatic heterocycles. The van der Waals surface area contributed by atoms with Crippen molar-refractivity contribution in [2.75, 3.05) is 0 Å². The van der Waals surface area contributed by atoms with E-state index in [1.165, 1.54) is 6.26 Å². The number of carboxylic acid groups (broad SMARTS) is 1. The highest BCUT2D eigenvalue weighted by Gasteiger charge is 2.13. The Morgan fingerprint density at radius 1 is 1.38 bits per heavy atom. The van der Waals surface area contributed by atoms with E-state index in [0.29, 0.717) is 17.1 Å². The fourth-order valence-electron chi connectivity index (χ4n) is 1.63. The fourth-order valence-corrected chi connectivity index (χ4v) is 1.63. The van der Waals surface area contributed by atoms with Gasteiger partial charge in [0.1, 0.15) is 12.0 Å². The van der Waals surface area contributed by atoms with Crippen molar-refractivity contribution in [1.82, 2.24) is 4.98 Å². The molecular weight excluding hydrogens is 206 g/mol. The molecule has 2 aromatic rings. The molecule has 16 heavy (non-hydrogen) atoms. The fraction of sp³-hybridized carbons (Fsp3) is 0.167. The number of carboxylic acids is 1. The summed E-state index contributed by atoms with van der Waals surface area (Å²) < 4.78 is 5.12. The first-order valence-electron chi connectivity index (χ1n) is 4.85. The van der Waals surface area contributed by atoms with Gasteiger partial charge in [-0.25, -0.2) is 9.78 Å². The quantitative estimate of drug-likeness (QED) is 0.839. The van der Waals surface area contributed by atoms with Gasteiger partial charge in [0.25, 0.3) is 0 Å². The number of hydrogen-bond donors (Lipinski definition) is 1. The van der Waals surface area contributed by atoms with Crippen molar-refractivity contribution in [3.05, 3.63) is 41.5 Å². The lowest BCUT2D eigenvalue weighted by Crippen LogP contribution is -2.00. The normalized spacial score (nSPS) is 10.4. The second-order valence-corrected chi connectivity index (χ2v) is 3.54. The summed E-state index contributed by atoms with van der Waals surface area (Å²) in [5.74, 6) is -0.366. The summed E-state index contributed by atoms with van der Waals surface area (Å²) >= 11 is 0. The minimum Gasteiger partial charge on any atom is -0.478 e. The van der Waals surface area contributed by atoms with Gasteiger partial charge in [0.15, 0.2) is 5.89 Å². The lowest BCUT2D eigenvalue weighted by molar-refractivity contribution is 0.0696. The summed E-state index contributed by atoms with van der Waals surface area (Å²) in [5.41, 5.74) is 2.44. The smallest absolute Gasteiger partial charge is 0.335 e. The van der Waals surface area contributed by atoms with Crippen molar-refractivity contribution < 1.29 is 14.3 Å². The van der Waals surface area contributed by atoms with Crippen LogP contribution in [0.1, 0.15) is 21.8 Å². The third-order valence-electron chi connectivity index (χ3n) is 2.46. The van der Waals surface area contributed by atoms with E-state index >= 15 is 0 Å². The zero-order valence-corrected chi connectivity index (χ0v) is 9.02. The number of hydrogen-bond acceptors (Lipinski definition) is 3. The van der Waals surface area contributed by atoms with Crippen LogP contribution in [0.15, 0.2) is 28.9 Å². The molecule has 0 fully saturated rings. The molecule has 1 N–H and O–H groups in total. The monoisotopic (exact) mass is 217 g/mol. The van der Waals surface area contributed by atoms with Gasteiger partial charge in [-0.3, -0.25) is 0 Å². The first kappa shape index (κ1) is 10.4. The molecule has 2 rings (SSSR count). The Balaban J connectivity index is 2.58. The van der Waals surface area contributed by atoms with Crippen LogP contribution >= 0.6 is 0 Å². The Morgan fingerprint density at radius 2 is 2.12 bits per heavy atom. The maximum absolute atomic E-state index is 11.0. The maximum atomic E-state index is 11.0. The molecule has 0 unspecified atom stereocenters. The molecule has 0 amide bonds. The highest BCUT2D eigenvalue weighted by Crippen LogP contribution is 2.24. The summed E-state index contributed by atoms with van der Waals surface area (Å²) in [6.07, 6.45) is 1.53. The van der Waals surface area contributed by atoms with Crippen LogP contribution in [0.2, 0.25) is 0 Å². The van der Waals surface area contributed by atoms with Gasteiger partial charge in [-0.2, -0.15) is 0 Å². The van der Waals surface area contributed by atoms with E-state index in [1.54, 1.807) is 26.0 Å². The molecule has 82 valence electrons. The van der Waals surface area contributed by atoms with Gasteiger partial charge in [0.05, 0.1) is 5.56 Å². The average molecular weight is 217 g/mol. The largest absolute Gasteiger partial charge is 0.478 e. The summed E-state index contributed by atoms with van der Waals surface area (Å²) in [6, 6.07) is 5.11. The average Bonchev–Trinajstić information content (AvgIpc) is 2.64. The van der Waals surface area contributed by atoms with Gasteiger partial charge in [0.2, 0.25) is 0 Å². The van der Waals surface area contributed by atoms with E-state index in [-0.39, 0.29) is 5.56 Å². The number of aryl methyl sites for hydroxylation is 1. The Morgan fingerprint density at radius 3 is 2.69 bits per heavy atom. The molecule has 0 atom stereocenters. The van der Waals surface area contributed by atoms with Gasteiger partial charge in [-0.1, -0.05) is 12.1 Å². The molecule has 1 aromatic heterocycles. The zero-order chi connectivity index (χ0) is 11.7. The minimum absolute atomic E-state index is 0.290. The molecular formula is C12H11NO3. The van der Waals surface area contributed by atoms with Crippen molar-refractivity contribution in [3.63, 3.8) is 0 Å². The standard InChI is InChI=1S/C12H11NO3/c1-7-9(11-6-16-8(2)13-11)4-3-5-10(7)12(14)15/h3-6H,1-2H3,(H,14,15). The molecule has 1 heterocycles. The third kappa shape index (κ3) is 1.69. The third-order valence-corrected chi connectivity index (χ3v) is 2.46.